The van der Waals surface area contributed by atoms with Crippen LogP contribution in [-0.2, 0) is 0 Å². The number of nitrogens with zero attached hydrogens (tertiary/aromatic N) is 1. The van der Waals surface area contributed by atoms with Gasteiger partial charge in [0.1, 0.15) is 28.9 Å². The van der Waals surface area contributed by atoms with E-state index in [1.54, 1.807) is 6.07 Å². The highest BCUT2D eigenvalue weighted by Gasteiger charge is 2.24. The molecule has 0 aliphatic carbocycles. The minimum Gasteiger partial charge on any atom is -0.493 e. The molecule has 100 valence electrons. The van der Waals surface area contributed by atoms with Crippen LogP contribution in [0.1, 0.15) is 17.0 Å². The van der Waals surface area contributed by atoms with Crippen LogP contribution >= 0.6 is 0 Å². The smallest absolute Gasteiger partial charge is 0.144 e. The first kappa shape index (κ1) is 12.5. The highest BCUT2D eigenvalue weighted by atomic mass is 19.1. The van der Waals surface area contributed by atoms with Crippen molar-refractivity contribution in [2.45, 2.75) is 5.92 Å². The topological polar surface area (TPSA) is 42.2 Å². The molecule has 20 heavy (non-hydrogen) atoms. The van der Waals surface area contributed by atoms with Crippen LogP contribution in [0.25, 0.3) is 0 Å². The Morgan fingerprint density at radius 3 is 2.95 bits per heavy atom. The number of ether oxygens (including phenoxy) is 2. The van der Waals surface area contributed by atoms with E-state index in [2.05, 4.69) is 0 Å². The van der Waals surface area contributed by atoms with Gasteiger partial charge in [-0.2, -0.15) is 5.26 Å². The molecule has 3 nitrogen and oxygen atoms in total. The molecule has 0 aromatic heterocycles. The van der Waals surface area contributed by atoms with Crippen LogP contribution in [0.3, 0.4) is 0 Å². The fraction of sp³-hybridized carbons (Fsp3) is 0.188. The monoisotopic (exact) mass is 269 g/mol. The highest BCUT2D eigenvalue weighted by molar-refractivity contribution is 5.44. The van der Waals surface area contributed by atoms with Crippen molar-refractivity contribution in [3.05, 3.63) is 59.4 Å². The van der Waals surface area contributed by atoms with E-state index in [-0.39, 0.29) is 17.2 Å². The van der Waals surface area contributed by atoms with Gasteiger partial charge in [-0.25, -0.2) is 4.39 Å². The lowest BCUT2D eigenvalue weighted by Gasteiger charge is -2.12. The van der Waals surface area contributed by atoms with Gasteiger partial charge < -0.3 is 9.47 Å². The quantitative estimate of drug-likeness (QED) is 0.859. The van der Waals surface area contributed by atoms with Gasteiger partial charge in [-0.05, 0) is 18.2 Å². The maximum atomic E-state index is 13.5. The Labute approximate surface area is 116 Å². The second-order valence-corrected chi connectivity index (χ2v) is 4.58. The minimum absolute atomic E-state index is 0.0558. The molecule has 1 aliphatic heterocycles. The molecular weight excluding hydrogens is 257 g/mol. The summed E-state index contributed by atoms with van der Waals surface area (Å²) in [6.45, 7) is 0.895. The maximum absolute atomic E-state index is 13.5. The third kappa shape index (κ3) is 2.19. The molecule has 4 heteroatoms. The van der Waals surface area contributed by atoms with Crippen molar-refractivity contribution in [3.8, 4) is 17.6 Å². The van der Waals surface area contributed by atoms with E-state index in [1.165, 1.54) is 12.1 Å². The first-order valence-electron chi connectivity index (χ1n) is 6.32. The summed E-state index contributed by atoms with van der Waals surface area (Å²) >= 11 is 0. The number of rotatable bonds is 3. The van der Waals surface area contributed by atoms with Gasteiger partial charge in [0.05, 0.1) is 19.1 Å². The molecule has 0 bridgehead atoms. The molecule has 2 aromatic rings. The maximum Gasteiger partial charge on any atom is 0.144 e. The van der Waals surface area contributed by atoms with E-state index in [9.17, 15) is 4.39 Å². The van der Waals surface area contributed by atoms with Gasteiger partial charge in [0.2, 0.25) is 0 Å². The van der Waals surface area contributed by atoms with Gasteiger partial charge in [0.15, 0.2) is 0 Å². The van der Waals surface area contributed by atoms with Gasteiger partial charge in [0.25, 0.3) is 0 Å². The van der Waals surface area contributed by atoms with E-state index in [0.29, 0.717) is 13.2 Å². The molecule has 0 saturated carbocycles. The normalized spacial score (nSPS) is 16.1. The zero-order valence-corrected chi connectivity index (χ0v) is 10.7. The molecule has 1 heterocycles. The molecule has 1 aliphatic rings. The first-order chi connectivity index (χ1) is 9.79. The Hall–Kier alpha value is -2.54. The zero-order valence-electron chi connectivity index (χ0n) is 10.7. The highest BCUT2D eigenvalue weighted by Crippen LogP contribution is 2.34. The van der Waals surface area contributed by atoms with Gasteiger partial charge >= 0.3 is 0 Å². The molecule has 1 atom stereocenters. The summed E-state index contributed by atoms with van der Waals surface area (Å²) in [5, 5.41) is 8.95. The molecule has 2 aromatic carbocycles. The summed E-state index contributed by atoms with van der Waals surface area (Å²) in [5.74, 6) is 0.673. The summed E-state index contributed by atoms with van der Waals surface area (Å²) in [4.78, 5) is 0. The van der Waals surface area contributed by atoms with Crippen LogP contribution in [0.4, 0.5) is 4.39 Å². The van der Waals surface area contributed by atoms with E-state index in [4.69, 9.17) is 14.7 Å². The lowest BCUT2D eigenvalue weighted by atomic mass is 10.0. The third-order valence-corrected chi connectivity index (χ3v) is 3.33. The number of hydrogen-bond donors (Lipinski definition) is 0. The lowest BCUT2D eigenvalue weighted by Crippen LogP contribution is -2.12. The lowest BCUT2D eigenvalue weighted by molar-refractivity contribution is 0.247. The Bertz CT molecular complexity index is 678. The summed E-state index contributed by atoms with van der Waals surface area (Å²) in [5.41, 5.74) is 1.03. The largest absolute Gasteiger partial charge is 0.493 e. The van der Waals surface area contributed by atoms with Crippen molar-refractivity contribution in [3.63, 3.8) is 0 Å². The first-order valence-corrected chi connectivity index (χ1v) is 6.32. The minimum atomic E-state index is -0.562. The second kappa shape index (κ2) is 5.22. The van der Waals surface area contributed by atoms with E-state index in [1.807, 2.05) is 30.3 Å². The number of hydrogen-bond acceptors (Lipinski definition) is 3. The van der Waals surface area contributed by atoms with Crippen LogP contribution in [0.2, 0.25) is 0 Å². The SMILES string of the molecule is N#Cc1c(F)cccc1OCC1COc2ccccc21. The van der Waals surface area contributed by atoms with Crippen molar-refractivity contribution < 1.29 is 13.9 Å². The predicted molar refractivity (Wildman–Crippen MR) is 71.3 cm³/mol. The molecule has 0 fully saturated rings. The van der Waals surface area contributed by atoms with Crippen LogP contribution in [0, 0.1) is 17.1 Å². The van der Waals surface area contributed by atoms with Crippen molar-refractivity contribution in [2.24, 2.45) is 0 Å². The van der Waals surface area contributed by atoms with E-state index in [0.717, 1.165) is 11.3 Å². The Kier molecular flexibility index (Phi) is 3.26. The second-order valence-electron chi connectivity index (χ2n) is 4.58. The summed E-state index contributed by atoms with van der Waals surface area (Å²) in [6, 6.07) is 14.0. The van der Waals surface area contributed by atoms with Crippen LogP contribution < -0.4 is 9.47 Å². The molecule has 3 rings (SSSR count). The van der Waals surface area contributed by atoms with Crippen molar-refractivity contribution in [1.82, 2.24) is 0 Å². The number of halogens is 1. The Morgan fingerprint density at radius 1 is 1.25 bits per heavy atom. The molecule has 0 amide bonds. The van der Waals surface area contributed by atoms with Gasteiger partial charge in [-0.15, -0.1) is 0 Å². The van der Waals surface area contributed by atoms with Crippen LogP contribution in [-0.4, -0.2) is 13.2 Å². The number of fused-ring (bicyclic) bond motifs is 1. The molecule has 0 saturated heterocycles. The zero-order chi connectivity index (χ0) is 13.9. The van der Waals surface area contributed by atoms with Crippen molar-refractivity contribution in [2.75, 3.05) is 13.2 Å². The molecule has 0 radical (unpaired) electrons. The predicted octanol–water partition coefficient (Wildman–Crippen LogP) is 3.25. The van der Waals surface area contributed by atoms with Gasteiger partial charge in [-0.3, -0.25) is 0 Å². The average Bonchev–Trinajstić information content (AvgIpc) is 2.88. The molecular formula is C16H12FNO2. The van der Waals surface area contributed by atoms with Crippen molar-refractivity contribution >= 4 is 0 Å². The molecule has 0 spiro atoms. The van der Waals surface area contributed by atoms with Crippen LogP contribution in [0.15, 0.2) is 42.5 Å². The van der Waals surface area contributed by atoms with Gasteiger partial charge in [-0.1, -0.05) is 24.3 Å². The van der Waals surface area contributed by atoms with Crippen LogP contribution in [0.5, 0.6) is 11.5 Å². The number of para-hydroxylation sites is 1. The van der Waals surface area contributed by atoms with E-state index >= 15 is 0 Å². The standard InChI is InChI=1S/C16H12FNO2/c17-14-5-3-7-16(13(14)8-18)20-10-11-9-19-15-6-2-1-4-12(11)15/h1-7,11H,9-10H2. The van der Waals surface area contributed by atoms with Crippen molar-refractivity contribution in [1.29, 1.82) is 5.26 Å². The third-order valence-electron chi connectivity index (χ3n) is 3.33. The summed E-state index contributed by atoms with van der Waals surface area (Å²) in [6.07, 6.45) is 0. The fourth-order valence-electron chi connectivity index (χ4n) is 2.29. The van der Waals surface area contributed by atoms with E-state index < -0.39 is 5.82 Å². The fourth-order valence-corrected chi connectivity index (χ4v) is 2.29. The Balaban J connectivity index is 1.76. The summed E-state index contributed by atoms with van der Waals surface area (Å²) in [7, 11) is 0. The number of nitriles is 1. The summed E-state index contributed by atoms with van der Waals surface area (Å²) < 4.78 is 24.6. The molecule has 0 N–H and O–H groups in total. The number of benzene rings is 2. The van der Waals surface area contributed by atoms with Gasteiger partial charge in [0, 0.05) is 5.56 Å². The Morgan fingerprint density at radius 2 is 2.10 bits per heavy atom. The molecule has 1 unspecified atom stereocenters. The average molecular weight is 269 g/mol.